The fraction of sp³-hybridized carbons (Fsp3) is 0.625. The van der Waals surface area contributed by atoms with Gasteiger partial charge in [0.15, 0.2) is 0 Å². The fourth-order valence-electron chi connectivity index (χ4n) is 3.31. The molecule has 1 fully saturated rings. The zero-order valence-electron chi connectivity index (χ0n) is 12.3. The van der Waals surface area contributed by atoms with Crippen molar-refractivity contribution in [2.45, 2.75) is 39.2 Å². The molecule has 1 aliphatic heterocycles. The Kier molecular flexibility index (Phi) is 5.52. The fourth-order valence-corrected chi connectivity index (χ4v) is 4.11. The minimum atomic E-state index is 0.232. The van der Waals surface area contributed by atoms with Gasteiger partial charge in [0.1, 0.15) is 0 Å². The van der Waals surface area contributed by atoms with E-state index >= 15 is 0 Å². The Hall–Kier alpha value is -0.0900. The molecule has 2 nitrogen and oxygen atoms in total. The van der Waals surface area contributed by atoms with Crippen LogP contribution in [0.15, 0.2) is 22.7 Å². The molecule has 1 aromatic carbocycles. The number of hydrogen-bond donors (Lipinski definition) is 1. The summed E-state index contributed by atoms with van der Waals surface area (Å²) in [5.41, 5.74) is 7.67. The maximum atomic E-state index is 6.41. The van der Waals surface area contributed by atoms with E-state index in [0.29, 0.717) is 12.0 Å². The van der Waals surface area contributed by atoms with Crippen LogP contribution in [-0.2, 0) is 0 Å². The smallest absolute Gasteiger partial charge is 0.0485 e. The van der Waals surface area contributed by atoms with Gasteiger partial charge in [0, 0.05) is 28.6 Å². The maximum absolute atomic E-state index is 6.41. The van der Waals surface area contributed by atoms with E-state index in [1.165, 1.54) is 19.3 Å². The van der Waals surface area contributed by atoms with Gasteiger partial charge in [-0.3, -0.25) is 4.90 Å². The summed E-state index contributed by atoms with van der Waals surface area (Å²) in [6.45, 7) is 7.48. The zero-order chi connectivity index (χ0) is 14.8. The van der Waals surface area contributed by atoms with Crippen molar-refractivity contribution in [2.24, 2.45) is 11.1 Å². The topological polar surface area (TPSA) is 29.3 Å². The summed E-state index contributed by atoms with van der Waals surface area (Å²) in [4.78, 5) is 2.52. The number of nitrogens with zero attached hydrogens (tertiary/aromatic N) is 1. The van der Waals surface area contributed by atoms with Crippen molar-refractivity contribution in [1.29, 1.82) is 0 Å². The molecule has 20 heavy (non-hydrogen) atoms. The number of nitrogens with two attached hydrogens (primary N) is 1. The van der Waals surface area contributed by atoms with Crippen LogP contribution in [0.25, 0.3) is 0 Å². The molecule has 1 aliphatic rings. The summed E-state index contributed by atoms with van der Waals surface area (Å²) in [7, 11) is 0. The number of hydrogen-bond acceptors (Lipinski definition) is 2. The normalized spacial score (nSPS) is 20.2. The highest BCUT2D eigenvalue weighted by molar-refractivity contribution is 9.10. The third-order valence-corrected chi connectivity index (χ3v) is 5.77. The first-order valence-electron chi connectivity index (χ1n) is 7.44. The first-order valence-corrected chi connectivity index (χ1v) is 8.61. The van der Waals surface area contributed by atoms with Crippen LogP contribution in [-0.4, -0.2) is 24.5 Å². The molecule has 2 rings (SSSR count). The SMILES string of the molecule is CCC1(CC)CCN(C(CN)c2ccc(Br)cc2Cl)C1. The molecule has 0 spiro atoms. The first kappa shape index (κ1) is 16.3. The van der Waals surface area contributed by atoms with Crippen LogP contribution in [0.5, 0.6) is 0 Å². The Morgan fingerprint density at radius 3 is 2.60 bits per heavy atom. The Balaban J connectivity index is 2.21. The van der Waals surface area contributed by atoms with Crippen molar-refractivity contribution >= 4 is 27.5 Å². The number of halogens is 2. The molecular formula is C16H24BrClN2. The predicted molar refractivity (Wildman–Crippen MR) is 90.2 cm³/mol. The van der Waals surface area contributed by atoms with E-state index in [-0.39, 0.29) is 6.04 Å². The highest BCUT2D eigenvalue weighted by Crippen LogP contribution is 2.41. The van der Waals surface area contributed by atoms with Gasteiger partial charge >= 0.3 is 0 Å². The van der Waals surface area contributed by atoms with Crippen molar-refractivity contribution in [3.8, 4) is 0 Å². The average Bonchev–Trinajstić information content (AvgIpc) is 2.87. The quantitative estimate of drug-likeness (QED) is 0.831. The molecule has 1 heterocycles. The molecule has 0 saturated carbocycles. The van der Waals surface area contributed by atoms with Crippen LogP contribution in [0, 0.1) is 5.41 Å². The van der Waals surface area contributed by atoms with E-state index in [4.69, 9.17) is 17.3 Å². The lowest BCUT2D eigenvalue weighted by Crippen LogP contribution is -2.34. The Morgan fingerprint density at radius 1 is 1.40 bits per heavy atom. The van der Waals surface area contributed by atoms with Crippen LogP contribution in [0.4, 0.5) is 0 Å². The van der Waals surface area contributed by atoms with E-state index in [1.807, 2.05) is 12.1 Å². The molecular weight excluding hydrogens is 336 g/mol. The van der Waals surface area contributed by atoms with Gasteiger partial charge in [0.25, 0.3) is 0 Å². The highest BCUT2D eigenvalue weighted by atomic mass is 79.9. The summed E-state index contributed by atoms with van der Waals surface area (Å²) in [5, 5.41) is 0.806. The molecule has 2 N–H and O–H groups in total. The molecule has 0 aliphatic carbocycles. The summed E-state index contributed by atoms with van der Waals surface area (Å²) in [6, 6.07) is 6.34. The largest absolute Gasteiger partial charge is 0.329 e. The minimum absolute atomic E-state index is 0.232. The van der Waals surface area contributed by atoms with Crippen LogP contribution in [0.3, 0.4) is 0 Å². The molecule has 1 aromatic rings. The summed E-state index contributed by atoms with van der Waals surface area (Å²) >= 11 is 9.87. The minimum Gasteiger partial charge on any atom is -0.329 e. The predicted octanol–water partition coefficient (Wildman–Crippen LogP) is 4.61. The second-order valence-electron chi connectivity index (χ2n) is 5.84. The van der Waals surface area contributed by atoms with Crippen LogP contribution >= 0.6 is 27.5 Å². The van der Waals surface area contributed by atoms with Crippen molar-refractivity contribution in [1.82, 2.24) is 4.90 Å². The summed E-state index contributed by atoms with van der Waals surface area (Å²) < 4.78 is 1.01. The zero-order valence-corrected chi connectivity index (χ0v) is 14.7. The first-order chi connectivity index (χ1) is 9.55. The van der Waals surface area contributed by atoms with Gasteiger partial charge in [-0.1, -0.05) is 47.4 Å². The van der Waals surface area contributed by atoms with Gasteiger partial charge in [-0.2, -0.15) is 0 Å². The van der Waals surface area contributed by atoms with Crippen LogP contribution < -0.4 is 5.73 Å². The average molecular weight is 360 g/mol. The number of rotatable bonds is 5. The standard InChI is InChI=1S/C16H24BrClN2/c1-3-16(4-2)7-8-20(11-16)15(10-19)13-6-5-12(17)9-14(13)18/h5-6,9,15H,3-4,7-8,10-11,19H2,1-2H3. The lowest BCUT2D eigenvalue weighted by molar-refractivity contribution is 0.198. The van der Waals surface area contributed by atoms with Crippen molar-refractivity contribution < 1.29 is 0 Å². The van der Waals surface area contributed by atoms with Gasteiger partial charge in [-0.05, 0) is 48.9 Å². The second-order valence-corrected chi connectivity index (χ2v) is 7.17. The lowest BCUT2D eigenvalue weighted by Gasteiger charge is -2.31. The van der Waals surface area contributed by atoms with E-state index in [9.17, 15) is 0 Å². The molecule has 0 amide bonds. The maximum Gasteiger partial charge on any atom is 0.0485 e. The van der Waals surface area contributed by atoms with E-state index in [0.717, 1.165) is 28.1 Å². The molecule has 1 saturated heterocycles. The summed E-state index contributed by atoms with van der Waals surface area (Å²) in [6.07, 6.45) is 3.75. The van der Waals surface area contributed by atoms with Crippen molar-refractivity contribution in [2.75, 3.05) is 19.6 Å². The Morgan fingerprint density at radius 2 is 2.10 bits per heavy atom. The van der Waals surface area contributed by atoms with E-state index in [2.05, 4.69) is 40.7 Å². The Bertz CT molecular complexity index is 460. The van der Waals surface area contributed by atoms with Crippen LogP contribution in [0.1, 0.15) is 44.7 Å². The Labute approximate surface area is 135 Å². The molecule has 4 heteroatoms. The van der Waals surface area contributed by atoms with Gasteiger partial charge < -0.3 is 5.73 Å². The van der Waals surface area contributed by atoms with E-state index < -0.39 is 0 Å². The van der Waals surface area contributed by atoms with E-state index in [1.54, 1.807) is 0 Å². The van der Waals surface area contributed by atoms with Crippen LogP contribution in [0.2, 0.25) is 5.02 Å². The molecule has 0 radical (unpaired) electrons. The third-order valence-electron chi connectivity index (χ3n) is 4.95. The number of likely N-dealkylation sites (tertiary alicyclic amines) is 1. The molecule has 1 atom stereocenters. The second kappa shape index (κ2) is 6.78. The number of benzene rings is 1. The molecule has 112 valence electrons. The van der Waals surface area contributed by atoms with Gasteiger partial charge in [-0.25, -0.2) is 0 Å². The molecule has 0 bridgehead atoms. The highest BCUT2D eigenvalue weighted by Gasteiger charge is 2.38. The lowest BCUT2D eigenvalue weighted by atomic mass is 9.82. The van der Waals surface area contributed by atoms with Gasteiger partial charge in [-0.15, -0.1) is 0 Å². The monoisotopic (exact) mass is 358 g/mol. The van der Waals surface area contributed by atoms with Crippen molar-refractivity contribution in [3.63, 3.8) is 0 Å². The van der Waals surface area contributed by atoms with Gasteiger partial charge in [0.2, 0.25) is 0 Å². The van der Waals surface area contributed by atoms with Gasteiger partial charge in [0.05, 0.1) is 0 Å². The summed E-state index contributed by atoms with van der Waals surface area (Å²) in [5.74, 6) is 0. The molecule has 0 aromatic heterocycles. The van der Waals surface area contributed by atoms with Crippen molar-refractivity contribution in [3.05, 3.63) is 33.3 Å². The third kappa shape index (κ3) is 3.22. The molecule has 1 unspecified atom stereocenters.